The third-order valence-corrected chi connectivity index (χ3v) is 16.2. The second kappa shape index (κ2) is 9.98. The molecule has 278 valence electrons. The molecule has 2 unspecified atom stereocenters. The lowest BCUT2D eigenvalue weighted by molar-refractivity contribution is -0.283. The van der Waals surface area contributed by atoms with E-state index in [2.05, 4.69) is 0 Å². The zero-order chi connectivity index (χ0) is 36.5. The van der Waals surface area contributed by atoms with Gasteiger partial charge in [0.25, 0.3) is 6.47 Å². The van der Waals surface area contributed by atoms with Crippen molar-refractivity contribution >= 4 is 24.4 Å². The van der Waals surface area contributed by atoms with Gasteiger partial charge in [-0.25, -0.2) is 0 Å². The summed E-state index contributed by atoms with van der Waals surface area (Å²) in [5.74, 6) is -6.87. The quantitative estimate of drug-likeness (QED) is 0.129. The Bertz CT molecular complexity index is 1560. The third-order valence-electron chi connectivity index (χ3n) is 16.2. The first-order chi connectivity index (χ1) is 23.2. The van der Waals surface area contributed by atoms with Crippen molar-refractivity contribution < 1.29 is 57.8 Å². The van der Waals surface area contributed by atoms with E-state index in [0.29, 0.717) is 25.7 Å². The number of fused-ring (bicyclic) bond motifs is 9. The smallest absolute Gasteiger partial charge is 0.315 e. The van der Waals surface area contributed by atoms with Crippen molar-refractivity contribution in [1.82, 2.24) is 0 Å². The highest BCUT2D eigenvalue weighted by Crippen LogP contribution is 2.83. The Morgan fingerprint density at radius 3 is 2.28 bits per heavy atom. The maximum absolute atomic E-state index is 14.1. The van der Waals surface area contributed by atoms with Crippen molar-refractivity contribution in [2.24, 2.45) is 62.7 Å². The first-order valence-corrected chi connectivity index (χ1v) is 18.2. The van der Waals surface area contributed by atoms with Gasteiger partial charge in [-0.3, -0.25) is 19.2 Å². The number of ether oxygens (including phenoxy) is 6. The van der Waals surface area contributed by atoms with Crippen LogP contribution >= 0.6 is 0 Å². The summed E-state index contributed by atoms with van der Waals surface area (Å²) in [6, 6.07) is 0. The van der Waals surface area contributed by atoms with Gasteiger partial charge in [-0.15, -0.1) is 0 Å². The summed E-state index contributed by atoms with van der Waals surface area (Å²) < 4.78 is 37.4. The van der Waals surface area contributed by atoms with Gasteiger partial charge in [0.2, 0.25) is 5.79 Å². The van der Waals surface area contributed by atoms with Gasteiger partial charge in [-0.2, -0.15) is 0 Å². The number of carbonyl (C=O) groups is 4. The Morgan fingerprint density at radius 2 is 1.68 bits per heavy atom. The monoisotopic (exact) mass is 704 g/mol. The molecule has 3 heterocycles. The van der Waals surface area contributed by atoms with Gasteiger partial charge >= 0.3 is 17.9 Å². The van der Waals surface area contributed by atoms with Gasteiger partial charge < -0.3 is 50.1 Å². The summed E-state index contributed by atoms with van der Waals surface area (Å²) in [4.78, 5) is 53.1. The van der Waals surface area contributed by atoms with Gasteiger partial charge in [0.1, 0.15) is 30.5 Å². The number of hydrogen-bond donors (Lipinski definition) is 4. The first kappa shape index (κ1) is 34.7. The molecule has 8 aliphatic rings. The van der Waals surface area contributed by atoms with Crippen LogP contribution in [0.4, 0.5) is 0 Å². The van der Waals surface area contributed by atoms with Crippen LogP contribution in [0.5, 0.6) is 0 Å². The van der Waals surface area contributed by atoms with E-state index in [1.54, 1.807) is 0 Å². The predicted molar refractivity (Wildman–Crippen MR) is 170 cm³/mol. The Hall–Kier alpha value is -2.36. The summed E-state index contributed by atoms with van der Waals surface area (Å²) in [6.45, 7) is 14.2. The minimum Gasteiger partial charge on any atom is -0.462 e. The van der Waals surface area contributed by atoms with Crippen LogP contribution in [-0.4, -0.2) is 100 Å². The van der Waals surface area contributed by atoms with Gasteiger partial charge in [0.15, 0.2) is 0 Å². The molecule has 1 spiro atoms. The summed E-state index contributed by atoms with van der Waals surface area (Å²) >= 11 is 0. The molecule has 5 aliphatic carbocycles. The highest BCUT2D eigenvalue weighted by molar-refractivity contribution is 5.83. The Labute approximate surface area is 291 Å². The lowest BCUT2D eigenvalue weighted by Crippen LogP contribution is -2.79. The van der Waals surface area contributed by atoms with Gasteiger partial charge in [0, 0.05) is 42.1 Å². The Balaban J connectivity index is 1.43. The van der Waals surface area contributed by atoms with Crippen LogP contribution in [0.1, 0.15) is 81.1 Å². The fraction of sp³-hybridized carbons (Fsp3) is 0.889. The molecule has 8 fully saturated rings. The highest BCUT2D eigenvalue weighted by Gasteiger charge is 2.96. The molecule has 20 atom stereocenters. The average molecular weight is 705 g/mol. The maximum atomic E-state index is 14.1. The molecule has 0 radical (unpaired) electrons. The number of nitrogens with two attached hydrogens (primary N) is 2. The van der Waals surface area contributed by atoms with E-state index in [4.69, 9.17) is 39.9 Å². The molecular weight excluding hydrogens is 652 g/mol. The molecule has 14 heteroatoms. The number of rotatable bonds is 6. The average Bonchev–Trinajstić information content (AvgIpc) is 3.92. The predicted octanol–water partition coefficient (Wildman–Crippen LogP) is 0.702. The van der Waals surface area contributed by atoms with E-state index >= 15 is 0 Å². The summed E-state index contributed by atoms with van der Waals surface area (Å²) in [7, 11) is 0. The molecular formula is C36H52N2O12. The van der Waals surface area contributed by atoms with E-state index in [9.17, 15) is 29.4 Å². The van der Waals surface area contributed by atoms with Crippen molar-refractivity contribution in [3.8, 4) is 0 Å². The second-order valence-corrected chi connectivity index (χ2v) is 17.8. The summed E-state index contributed by atoms with van der Waals surface area (Å²) in [5.41, 5.74) is 7.49. The summed E-state index contributed by atoms with van der Waals surface area (Å²) in [5, 5.41) is 24.6. The SMILES string of the molecule is CCC[C@]1(C)C(=O)O[C@@]23O[C@@H]2[C@@H](C)[C@@H]2[C@]4(C)[C@H](C5C([C@H](OC(C)=O)[C@@H]4OC(C)=O)[C@@]4(C)[C@@H](O)[C@H]6O[C@H]6C[C@]4(N)C[C@@H]5O)[C@@H](OC=O)[C@@]2(N)[C@]31C. The standard InChI is InChI=1S/C36H52N2O12/c1-9-10-30(5)29(44)50-36-26(49-36)14(2)24-31(6)21(27(45-13-39)35(24,38)33(30,36)8)19-17(42)11-34(37)12-18-22(48-18)25(43)32(34,7)20(19)23(46-15(3)40)28(31)47-16(4)41/h13-14,17-28,42-43H,9-12,37-38H2,1-8H3/t14-,17-,18-,19?,20?,21+,22-,23-,24+,25-,26+,27+,28-,30+,31-,32-,33+,34+,35+,36-/m0/s1. The molecule has 8 rings (SSSR count). The Kier molecular flexibility index (Phi) is 6.93. The molecule has 50 heavy (non-hydrogen) atoms. The normalized spacial score (nSPS) is 60.6. The fourth-order valence-corrected chi connectivity index (χ4v) is 14.3. The van der Waals surface area contributed by atoms with Gasteiger partial charge in [-0.05, 0) is 43.9 Å². The van der Waals surface area contributed by atoms with Crippen LogP contribution in [0.25, 0.3) is 0 Å². The maximum Gasteiger partial charge on any atom is 0.315 e. The largest absolute Gasteiger partial charge is 0.462 e. The Morgan fingerprint density at radius 1 is 1.02 bits per heavy atom. The zero-order valence-corrected chi connectivity index (χ0v) is 30.0. The molecule has 0 amide bonds. The summed E-state index contributed by atoms with van der Waals surface area (Å²) in [6.07, 6.45) is -5.80. The van der Waals surface area contributed by atoms with Crippen LogP contribution in [0, 0.1) is 51.2 Å². The van der Waals surface area contributed by atoms with Gasteiger partial charge in [-0.1, -0.05) is 41.0 Å². The molecule has 0 aromatic rings. The molecule has 0 aromatic heterocycles. The van der Waals surface area contributed by atoms with E-state index < -0.39 is 129 Å². The number of carbonyl (C=O) groups excluding carboxylic acids is 4. The minimum atomic E-state index is -1.57. The number of epoxide rings is 2. The highest BCUT2D eigenvalue weighted by atomic mass is 16.8. The number of aliphatic hydroxyl groups is 2. The molecule has 6 N–H and O–H groups in total. The zero-order valence-electron chi connectivity index (χ0n) is 30.0. The van der Waals surface area contributed by atoms with Crippen LogP contribution in [0.3, 0.4) is 0 Å². The van der Waals surface area contributed by atoms with E-state index in [1.165, 1.54) is 13.8 Å². The van der Waals surface area contributed by atoms with Crippen LogP contribution in [0.15, 0.2) is 0 Å². The molecule has 14 nitrogen and oxygen atoms in total. The van der Waals surface area contributed by atoms with Crippen LogP contribution in [0.2, 0.25) is 0 Å². The van der Waals surface area contributed by atoms with Crippen molar-refractivity contribution in [2.45, 2.75) is 147 Å². The molecule has 3 saturated heterocycles. The number of aliphatic hydroxyl groups excluding tert-OH is 2. The van der Waals surface area contributed by atoms with Crippen molar-refractivity contribution in [2.75, 3.05) is 0 Å². The van der Waals surface area contributed by atoms with Crippen molar-refractivity contribution in [1.29, 1.82) is 0 Å². The molecule has 0 bridgehead atoms. The number of esters is 3. The number of hydrogen-bond acceptors (Lipinski definition) is 14. The van der Waals surface area contributed by atoms with E-state index in [1.807, 2.05) is 41.5 Å². The lowest BCUT2D eigenvalue weighted by atomic mass is 9.39. The van der Waals surface area contributed by atoms with E-state index in [-0.39, 0.29) is 12.5 Å². The fourth-order valence-electron chi connectivity index (χ4n) is 14.3. The van der Waals surface area contributed by atoms with Crippen LogP contribution in [-0.2, 0) is 47.6 Å². The first-order valence-electron chi connectivity index (χ1n) is 18.2. The molecule has 0 aromatic carbocycles. The lowest BCUT2D eigenvalue weighted by Gasteiger charge is -2.68. The van der Waals surface area contributed by atoms with Crippen molar-refractivity contribution in [3.63, 3.8) is 0 Å². The molecule has 5 saturated carbocycles. The third kappa shape index (κ3) is 3.44. The topological polar surface area (TPSA) is 223 Å². The molecule has 3 aliphatic heterocycles. The minimum absolute atomic E-state index is 0.0690. The van der Waals surface area contributed by atoms with Crippen molar-refractivity contribution in [3.05, 3.63) is 0 Å². The van der Waals surface area contributed by atoms with E-state index in [0.717, 1.165) is 0 Å². The van der Waals surface area contributed by atoms with Crippen LogP contribution < -0.4 is 11.5 Å². The second-order valence-electron chi connectivity index (χ2n) is 17.8. The van der Waals surface area contributed by atoms with Gasteiger partial charge in [0.05, 0.1) is 34.7 Å².